The molecule has 27 heavy (non-hydrogen) atoms. The number of halogens is 2. The SMILES string of the molecule is O=C(CCCI)Nc1ccc(Cc2ccc(NC(=O)CCCI)cc2)cc1. The van der Waals surface area contributed by atoms with Crippen molar-refractivity contribution in [2.75, 3.05) is 19.5 Å². The lowest BCUT2D eigenvalue weighted by Gasteiger charge is -2.08. The van der Waals surface area contributed by atoms with Gasteiger partial charge in [-0.25, -0.2) is 0 Å². The Morgan fingerprint density at radius 2 is 1.04 bits per heavy atom. The summed E-state index contributed by atoms with van der Waals surface area (Å²) in [6, 6.07) is 15.9. The molecule has 0 aliphatic rings. The molecule has 0 aromatic heterocycles. The number of amides is 2. The van der Waals surface area contributed by atoms with E-state index in [0.717, 1.165) is 39.5 Å². The molecule has 0 bridgehead atoms. The fourth-order valence-electron chi connectivity index (χ4n) is 2.55. The first-order valence-corrected chi connectivity index (χ1v) is 12.1. The summed E-state index contributed by atoms with van der Waals surface area (Å²) in [5.74, 6) is 0.131. The minimum atomic E-state index is 0.0653. The number of carbonyl (C=O) groups is 2. The third kappa shape index (κ3) is 8.59. The van der Waals surface area contributed by atoms with Crippen molar-refractivity contribution in [3.8, 4) is 0 Å². The largest absolute Gasteiger partial charge is 0.326 e. The molecule has 0 aliphatic carbocycles. The quantitative estimate of drug-likeness (QED) is 0.281. The Kier molecular flexibility index (Phi) is 10.1. The average Bonchev–Trinajstić information content (AvgIpc) is 2.68. The van der Waals surface area contributed by atoms with E-state index >= 15 is 0 Å². The van der Waals surface area contributed by atoms with E-state index in [1.54, 1.807) is 0 Å². The summed E-state index contributed by atoms with van der Waals surface area (Å²) in [5.41, 5.74) is 4.03. The van der Waals surface area contributed by atoms with E-state index in [1.807, 2.05) is 48.5 Å². The van der Waals surface area contributed by atoms with Gasteiger partial charge in [0.05, 0.1) is 0 Å². The maximum Gasteiger partial charge on any atom is 0.224 e. The molecule has 0 fully saturated rings. The van der Waals surface area contributed by atoms with Crippen LogP contribution in [0.25, 0.3) is 0 Å². The van der Waals surface area contributed by atoms with Crippen molar-refractivity contribution in [3.05, 3.63) is 59.7 Å². The van der Waals surface area contributed by atoms with Gasteiger partial charge < -0.3 is 10.6 Å². The molecule has 0 radical (unpaired) electrons. The maximum absolute atomic E-state index is 11.8. The molecule has 144 valence electrons. The number of nitrogens with one attached hydrogen (secondary N) is 2. The number of hydrogen-bond acceptors (Lipinski definition) is 2. The lowest BCUT2D eigenvalue weighted by molar-refractivity contribution is -0.117. The van der Waals surface area contributed by atoms with Crippen LogP contribution in [0, 0.1) is 0 Å². The second kappa shape index (κ2) is 12.3. The average molecular weight is 590 g/mol. The third-order valence-corrected chi connectivity index (χ3v) is 5.48. The standard InChI is InChI=1S/C21H24I2N2O2/c22-13-1-3-20(26)24-18-9-5-16(6-10-18)15-17-7-11-19(12-8-17)25-21(27)4-2-14-23/h5-12H,1-4,13-15H2,(H,24,26)(H,25,27). The van der Waals surface area contributed by atoms with E-state index in [1.165, 1.54) is 11.1 Å². The fraction of sp³-hybridized carbons (Fsp3) is 0.333. The molecule has 4 nitrogen and oxygen atoms in total. The molecule has 2 aromatic carbocycles. The van der Waals surface area contributed by atoms with Gasteiger partial charge in [-0.05, 0) is 54.7 Å². The number of alkyl halides is 2. The highest BCUT2D eigenvalue weighted by atomic mass is 127. The van der Waals surface area contributed by atoms with Crippen molar-refractivity contribution in [2.45, 2.75) is 32.1 Å². The summed E-state index contributed by atoms with van der Waals surface area (Å²) in [6.07, 6.45) is 3.74. The number of hydrogen-bond donors (Lipinski definition) is 2. The zero-order chi connectivity index (χ0) is 19.5. The molecule has 0 heterocycles. The van der Waals surface area contributed by atoms with Gasteiger partial charge in [-0.1, -0.05) is 69.4 Å². The second-order valence-electron chi connectivity index (χ2n) is 6.25. The normalized spacial score (nSPS) is 10.4. The van der Waals surface area contributed by atoms with Gasteiger partial charge >= 0.3 is 0 Å². The van der Waals surface area contributed by atoms with Crippen molar-refractivity contribution in [2.24, 2.45) is 0 Å². The molecule has 0 aliphatic heterocycles. The van der Waals surface area contributed by atoms with Crippen LogP contribution in [0.2, 0.25) is 0 Å². The first-order chi connectivity index (χ1) is 13.1. The highest BCUT2D eigenvalue weighted by Crippen LogP contribution is 2.16. The highest BCUT2D eigenvalue weighted by molar-refractivity contribution is 14.1. The highest BCUT2D eigenvalue weighted by Gasteiger charge is 2.04. The monoisotopic (exact) mass is 590 g/mol. The second-order valence-corrected chi connectivity index (χ2v) is 8.41. The lowest BCUT2D eigenvalue weighted by atomic mass is 10.0. The van der Waals surface area contributed by atoms with Crippen molar-refractivity contribution in [1.82, 2.24) is 0 Å². The summed E-state index contributed by atoms with van der Waals surface area (Å²) < 4.78 is 1.98. The molecular weight excluding hydrogens is 566 g/mol. The Labute approximate surface area is 188 Å². The Hall–Kier alpha value is -1.16. The lowest BCUT2D eigenvalue weighted by Crippen LogP contribution is -2.11. The van der Waals surface area contributed by atoms with E-state index in [-0.39, 0.29) is 11.8 Å². The van der Waals surface area contributed by atoms with Gasteiger partial charge in [0.15, 0.2) is 0 Å². The summed E-state index contributed by atoms with van der Waals surface area (Å²) >= 11 is 4.56. The predicted molar refractivity (Wildman–Crippen MR) is 129 cm³/mol. The van der Waals surface area contributed by atoms with Gasteiger partial charge in [0, 0.05) is 33.1 Å². The van der Waals surface area contributed by atoms with Gasteiger partial charge in [0.2, 0.25) is 11.8 Å². The number of benzene rings is 2. The van der Waals surface area contributed by atoms with Gasteiger partial charge in [0.25, 0.3) is 0 Å². The summed E-state index contributed by atoms with van der Waals surface area (Å²) in [7, 11) is 0. The summed E-state index contributed by atoms with van der Waals surface area (Å²) in [6.45, 7) is 0. The van der Waals surface area contributed by atoms with Crippen LogP contribution in [-0.4, -0.2) is 20.7 Å². The topological polar surface area (TPSA) is 58.2 Å². The zero-order valence-corrected chi connectivity index (χ0v) is 19.5. The van der Waals surface area contributed by atoms with Crippen LogP contribution in [0.4, 0.5) is 11.4 Å². The molecule has 0 saturated heterocycles. The molecule has 0 saturated carbocycles. The number of rotatable bonds is 10. The minimum absolute atomic E-state index is 0.0653. The van der Waals surface area contributed by atoms with Crippen molar-refractivity contribution >= 4 is 68.4 Å². The van der Waals surface area contributed by atoms with Crippen LogP contribution in [0.15, 0.2) is 48.5 Å². The Morgan fingerprint density at radius 1 is 0.667 bits per heavy atom. The smallest absolute Gasteiger partial charge is 0.224 e. The van der Waals surface area contributed by atoms with E-state index in [9.17, 15) is 9.59 Å². The molecule has 2 rings (SSSR count). The third-order valence-electron chi connectivity index (χ3n) is 3.96. The summed E-state index contributed by atoms with van der Waals surface area (Å²) in [4.78, 5) is 23.5. The molecule has 0 spiro atoms. The van der Waals surface area contributed by atoms with Gasteiger partial charge in [-0.2, -0.15) is 0 Å². The molecule has 2 amide bonds. The van der Waals surface area contributed by atoms with Crippen LogP contribution in [0.1, 0.15) is 36.8 Å². The van der Waals surface area contributed by atoms with Crippen LogP contribution >= 0.6 is 45.2 Å². The van der Waals surface area contributed by atoms with Gasteiger partial charge in [-0.3, -0.25) is 9.59 Å². The Morgan fingerprint density at radius 3 is 1.37 bits per heavy atom. The van der Waals surface area contributed by atoms with Crippen LogP contribution in [0.3, 0.4) is 0 Å². The first-order valence-electron chi connectivity index (χ1n) is 9.00. The van der Waals surface area contributed by atoms with Gasteiger partial charge in [0.1, 0.15) is 0 Å². The fourth-order valence-corrected chi connectivity index (χ4v) is 3.31. The predicted octanol–water partition coefficient (Wildman–Crippen LogP) is 5.58. The van der Waals surface area contributed by atoms with E-state index < -0.39 is 0 Å². The molecule has 6 heteroatoms. The van der Waals surface area contributed by atoms with Crippen molar-refractivity contribution in [3.63, 3.8) is 0 Å². The molecule has 2 N–H and O–H groups in total. The van der Waals surface area contributed by atoms with E-state index in [0.29, 0.717) is 12.8 Å². The van der Waals surface area contributed by atoms with Gasteiger partial charge in [-0.15, -0.1) is 0 Å². The van der Waals surface area contributed by atoms with Crippen LogP contribution in [-0.2, 0) is 16.0 Å². The molecule has 2 aromatic rings. The Bertz CT molecular complexity index is 667. The first kappa shape index (κ1) is 22.1. The van der Waals surface area contributed by atoms with Crippen molar-refractivity contribution < 1.29 is 9.59 Å². The maximum atomic E-state index is 11.8. The summed E-state index contributed by atoms with van der Waals surface area (Å²) in [5, 5.41) is 5.85. The molecule has 0 unspecified atom stereocenters. The van der Waals surface area contributed by atoms with E-state index in [4.69, 9.17) is 0 Å². The minimum Gasteiger partial charge on any atom is -0.326 e. The van der Waals surface area contributed by atoms with E-state index in [2.05, 4.69) is 55.8 Å². The molecule has 0 atom stereocenters. The van der Waals surface area contributed by atoms with Crippen LogP contribution < -0.4 is 10.6 Å². The zero-order valence-electron chi connectivity index (χ0n) is 15.1. The molecular formula is C21H24I2N2O2. The number of carbonyl (C=O) groups excluding carboxylic acids is 2. The number of anilines is 2. The Balaban J connectivity index is 1.86. The van der Waals surface area contributed by atoms with Crippen LogP contribution in [0.5, 0.6) is 0 Å². The van der Waals surface area contributed by atoms with Crippen molar-refractivity contribution in [1.29, 1.82) is 0 Å².